The molecule has 0 bridgehead atoms. The summed E-state index contributed by atoms with van der Waals surface area (Å²) in [6, 6.07) is 5.91. The zero-order chi connectivity index (χ0) is 14.9. The molecule has 1 heterocycles. The molecule has 2 N–H and O–H groups in total. The smallest absolute Gasteiger partial charge is 0.337 e. The number of carboxylic acids is 1. The van der Waals surface area contributed by atoms with E-state index in [2.05, 4.69) is 36.6 Å². The summed E-state index contributed by atoms with van der Waals surface area (Å²) in [6.45, 7) is 0. The van der Waals surface area contributed by atoms with Crippen LogP contribution in [0.3, 0.4) is 0 Å². The van der Waals surface area contributed by atoms with Crippen molar-refractivity contribution in [2.24, 2.45) is 0 Å². The van der Waals surface area contributed by atoms with Gasteiger partial charge in [-0.3, -0.25) is 4.72 Å². The number of benzene rings is 1. The van der Waals surface area contributed by atoms with Crippen LogP contribution in [0.2, 0.25) is 0 Å². The van der Waals surface area contributed by atoms with Gasteiger partial charge in [0.25, 0.3) is 10.0 Å². The van der Waals surface area contributed by atoms with Gasteiger partial charge < -0.3 is 5.11 Å². The first-order chi connectivity index (χ1) is 9.31. The fourth-order valence-electron chi connectivity index (χ4n) is 1.45. The van der Waals surface area contributed by atoms with Gasteiger partial charge in [-0.15, -0.1) is 11.3 Å². The van der Waals surface area contributed by atoms with E-state index in [-0.39, 0.29) is 15.5 Å². The molecular formula is C11H7Br2NO4S2. The van der Waals surface area contributed by atoms with Gasteiger partial charge in [-0.1, -0.05) is 15.9 Å². The number of hydrogen-bond acceptors (Lipinski definition) is 4. The Hall–Kier alpha value is -0.900. The van der Waals surface area contributed by atoms with Crippen LogP contribution in [0.1, 0.15) is 10.4 Å². The third kappa shape index (κ3) is 3.22. The van der Waals surface area contributed by atoms with Crippen molar-refractivity contribution in [1.82, 2.24) is 0 Å². The molecule has 106 valence electrons. The topological polar surface area (TPSA) is 83.5 Å². The van der Waals surface area contributed by atoms with Crippen molar-refractivity contribution in [2.45, 2.75) is 4.21 Å². The third-order valence-electron chi connectivity index (χ3n) is 2.28. The number of carbonyl (C=O) groups is 1. The third-order valence-corrected chi connectivity index (χ3v) is 6.81. The fourth-order valence-corrected chi connectivity index (χ4v) is 5.22. The Morgan fingerprint density at radius 3 is 2.50 bits per heavy atom. The highest BCUT2D eigenvalue weighted by Gasteiger charge is 2.22. The summed E-state index contributed by atoms with van der Waals surface area (Å²) in [7, 11) is -3.83. The van der Waals surface area contributed by atoms with Gasteiger partial charge in [0.1, 0.15) is 0 Å². The molecule has 2 aromatic rings. The van der Waals surface area contributed by atoms with Gasteiger partial charge >= 0.3 is 5.97 Å². The van der Waals surface area contributed by atoms with E-state index in [4.69, 9.17) is 5.11 Å². The molecule has 2 rings (SSSR count). The van der Waals surface area contributed by atoms with Crippen LogP contribution >= 0.6 is 43.2 Å². The molecule has 20 heavy (non-hydrogen) atoms. The van der Waals surface area contributed by atoms with E-state index >= 15 is 0 Å². The van der Waals surface area contributed by atoms with Gasteiger partial charge in [-0.2, -0.15) is 0 Å². The minimum absolute atomic E-state index is 0.0148. The maximum Gasteiger partial charge on any atom is 0.337 e. The Morgan fingerprint density at radius 2 is 1.95 bits per heavy atom. The SMILES string of the molecule is O=C(O)c1cc(Br)ccc1NS(=O)(=O)c1sccc1Br. The number of nitrogens with one attached hydrogen (secondary N) is 1. The second-order valence-electron chi connectivity index (χ2n) is 3.66. The summed E-state index contributed by atoms with van der Waals surface area (Å²) < 4.78 is 27.8. The van der Waals surface area contributed by atoms with E-state index in [1.807, 2.05) is 0 Å². The van der Waals surface area contributed by atoms with Crippen LogP contribution < -0.4 is 4.72 Å². The molecule has 0 aliphatic heterocycles. The molecule has 0 fully saturated rings. The molecule has 0 atom stereocenters. The Labute approximate surface area is 135 Å². The Morgan fingerprint density at radius 1 is 1.25 bits per heavy atom. The van der Waals surface area contributed by atoms with Crippen LogP contribution in [0, 0.1) is 0 Å². The molecule has 0 saturated carbocycles. The Kier molecular flexibility index (Phi) is 4.52. The Bertz CT molecular complexity index is 770. The van der Waals surface area contributed by atoms with E-state index in [1.165, 1.54) is 12.1 Å². The summed E-state index contributed by atoms with van der Waals surface area (Å²) in [5.74, 6) is -1.21. The lowest BCUT2D eigenvalue weighted by atomic mass is 10.2. The van der Waals surface area contributed by atoms with Gasteiger partial charge in [0.2, 0.25) is 0 Å². The number of anilines is 1. The fraction of sp³-hybridized carbons (Fsp3) is 0. The van der Waals surface area contributed by atoms with Crippen molar-refractivity contribution >= 4 is 64.9 Å². The Balaban J connectivity index is 2.45. The molecule has 0 aliphatic rings. The summed E-state index contributed by atoms with van der Waals surface area (Å²) in [5, 5.41) is 10.7. The second kappa shape index (κ2) is 5.84. The summed E-state index contributed by atoms with van der Waals surface area (Å²) >= 11 is 7.33. The van der Waals surface area contributed by atoms with Gasteiger partial charge in [0, 0.05) is 8.95 Å². The average Bonchev–Trinajstić information content (AvgIpc) is 2.78. The van der Waals surface area contributed by atoms with E-state index in [1.54, 1.807) is 17.5 Å². The lowest BCUT2D eigenvalue weighted by molar-refractivity contribution is 0.0698. The molecule has 0 amide bonds. The van der Waals surface area contributed by atoms with Gasteiger partial charge in [0.15, 0.2) is 4.21 Å². The zero-order valence-electron chi connectivity index (χ0n) is 9.63. The van der Waals surface area contributed by atoms with E-state index in [0.29, 0.717) is 8.95 Å². The number of carboxylic acid groups (broad SMARTS) is 1. The van der Waals surface area contributed by atoms with Crippen LogP contribution in [0.15, 0.2) is 42.8 Å². The van der Waals surface area contributed by atoms with Crippen LogP contribution in [0.5, 0.6) is 0 Å². The quantitative estimate of drug-likeness (QED) is 0.757. The predicted octanol–water partition coefficient (Wildman–Crippen LogP) is 3.77. The van der Waals surface area contributed by atoms with Gasteiger partial charge in [0.05, 0.1) is 11.3 Å². The first-order valence-corrected chi connectivity index (χ1v) is 9.05. The largest absolute Gasteiger partial charge is 0.478 e. The second-order valence-corrected chi connectivity index (χ2v) is 8.22. The van der Waals surface area contributed by atoms with Crippen molar-refractivity contribution in [2.75, 3.05) is 4.72 Å². The number of hydrogen-bond donors (Lipinski definition) is 2. The van der Waals surface area contributed by atoms with Crippen molar-refractivity contribution in [3.63, 3.8) is 0 Å². The molecule has 1 aromatic carbocycles. The average molecular weight is 441 g/mol. The highest BCUT2D eigenvalue weighted by atomic mass is 79.9. The minimum atomic E-state index is -3.83. The maximum absolute atomic E-state index is 12.2. The molecule has 0 radical (unpaired) electrons. The van der Waals surface area contributed by atoms with Crippen molar-refractivity contribution in [3.8, 4) is 0 Å². The van der Waals surface area contributed by atoms with Crippen molar-refractivity contribution < 1.29 is 18.3 Å². The number of aromatic carboxylic acids is 1. The molecular weight excluding hydrogens is 434 g/mol. The van der Waals surface area contributed by atoms with Crippen LogP contribution in [-0.2, 0) is 10.0 Å². The van der Waals surface area contributed by atoms with Crippen LogP contribution in [-0.4, -0.2) is 19.5 Å². The summed E-state index contributed by atoms with van der Waals surface area (Å²) in [4.78, 5) is 11.2. The number of thiophene rings is 1. The lowest BCUT2D eigenvalue weighted by Gasteiger charge is -2.10. The van der Waals surface area contributed by atoms with E-state index in [0.717, 1.165) is 11.3 Å². The van der Waals surface area contributed by atoms with Crippen molar-refractivity contribution in [1.29, 1.82) is 0 Å². The van der Waals surface area contributed by atoms with Crippen molar-refractivity contribution in [3.05, 3.63) is 44.2 Å². The highest BCUT2D eigenvalue weighted by Crippen LogP contribution is 2.30. The van der Waals surface area contributed by atoms with Gasteiger partial charge in [-0.05, 0) is 45.6 Å². The maximum atomic E-state index is 12.2. The standard InChI is InChI=1S/C11H7Br2NO4S2/c12-6-1-2-9(7(5-6)10(15)16)14-20(17,18)11-8(13)3-4-19-11/h1-5,14H,(H,15,16). The number of rotatable bonds is 4. The van der Waals surface area contributed by atoms with E-state index in [9.17, 15) is 13.2 Å². The number of halogens is 2. The lowest BCUT2D eigenvalue weighted by Crippen LogP contribution is -2.14. The predicted molar refractivity (Wildman–Crippen MR) is 83.9 cm³/mol. The first-order valence-electron chi connectivity index (χ1n) is 5.10. The summed E-state index contributed by atoms with van der Waals surface area (Å²) in [5.41, 5.74) is -0.114. The molecule has 9 heteroatoms. The van der Waals surface area contributed by atoms with Crippen LogP contribution in [0.25, 0.3) is 0 Å². The first kappa shape index (κ1) is 15.5. The monoisotopic (exact) mass is 439 g/mol. The molecule has 5 nitrogen and oxygen atoms in total. The zero-order valence-corrected chi connectivity index (χ0v) is 14.4. The van der Waals surface area contributed by atoms with Gasteiger partial charge in [-0.25, -0.2) is 13.2 Å². The summed E-state index contributed by atoms with van der Waals surface area (Å²) in [6.07, 6.45) is 0. The van der Waals surface area contributed by atoms with Crippen LogP contribution in [0.4, 0.5) is 5.69 Å². The molecule has 1 aromatic heterocycles. The normalized spacial score (nSPS) is 11.3. The highest BCUT2D eigenvalue weighted by molar-refractivity contribution is 9.10. The minimum Gasteiger partial charge on any atom is -0.478 e. The van der Waals surface area contributed by atoms with E-state index < -0.39 is 16.0 Å². The number of sulfonamides is 1. The molecule has 0 saturated heterocycles. The molecule has 0 aliphatic carbocycles. The molecule has 0 unspecified atom stereocenters. The molecule has 0 spiro atoms.